The van der Waals surface area contributed by atoms with E-state index in [2.05, 4.69) is 10.3 Å². The van der Waals surface area contributed by atoms with Crippen molar-refractivity contribution < 1.29 is 23.9 Å². The first-order valence-corrected chi connectivity index (χ1v) is 12.8. The molecule has 0 saturated heterocycles. The first-order valence-electron chi connectivity index (χ1n) is 12.1. The number of esters is 1. The fourth-order valence-electron chi connectivity index (χ4n) is 3.85. The first-order chi connectivity index (χ1) is 18.9. The van der Waals surface area contributed by atoms with Crippen LogP contribution in [0.5, 0.6) is 0 Å². The van der Waals surface area contributed by atoms with Crippen molar-refractivity contribution >= 4 is 46.2 Å². The lowest BCUT2D eigenvalue weighted by molar-refractivity contribution is -0.133. The minimum Gasteiger partial charge on any atom is -0.503 e. The van der Waals surface area contributed by atoms with Crippen LogP contribution in [0.25, 0.3) is 5.57 Å². The highest BCUT2D eigenvalue weighted by Gasteiger charge is 2.17. The minimum atomic E-state index is -0.516. The Morgan fingerprint density at radius 1 is 0.897 bits per heavy atom. The summed E-state index contributed by atoms with van der Waals surface area (Å²) >= 11 is 12.3. The molecule has 9 heteroatoms. The molecule has 0 aliphatic carbocycles. The second kappa shape index (κ2) is 15.0. The summed E-state index contributed by atoms with van der Waals surface area (Å²) in [5, 5.41) is 9.70. The number of oxime groups is 2. The lowest BCUT2D eigenvalue weighted by Gasteiger charge is -2.11. The number of aryl methyl sites for hydroxylation is 2. The molecule has 3 aromatic rings. The van der Waals surface area contributed by atoms with Crippen LogP contribution in [0.3, 0.4) is 0 Å². The van der Waals surface area contributed by atoms with Gasteiger partial charge in [0, 0.05) is 21.2 Å². The molecule has 3 rings (SSSR count). The number of benzene rings is 3. The van der Waals surface area contributed by atoms with Crippen LogP contribution in [-0.2, 0) is 43.4 Å². The summed E-state index contributed by atoms with van der Waals surface area (Å²) in [7, 11) is 4.26. The number of rotatable bonds is 12. The van der Waals surface area contributed by atoms with Crippen molar-refractivity contribution in [1.82, 2.24) is 0 Å². The summed E-state index contributed by atoms with van der Waals surface area (Å²) in [6.07, 6.45) is 2.96. The van der Waals surface area contributed by atoms with E-state index in [1.54, 1.807) is 19.1 Å². The Labute approximate surface area is 238 Å². The summed E-state index contributed by atoms with van der Waals surface area (Å²) in [6, 6.07) is 20.8. The van der Waals surface area contributed by atoms with E-state index in [1.165, 1.54) is 27.6 Å². The number of methoxy groups -OCH3 is 2. The quantitative estimate of drug-likeness (QED) is 0.0781. The van der Waals surface area contributed by atoms with Crippen molar-refractivity contribution in [1.29, 1.82) is 0 Å². The van der Waals surface area contributed by atoms with Crippen LogP contribution in [-0.4, -0.2) is 38.7 Å². The van der Waals surface area contributed by atoms with Crippen molar-refractivity contribution in [3.63, 3.8) is 0 Å². The van der Waals surface area contributed by atoms with Crippen molar-refractivity contribution in [3.05, 3.63) is 111 Å². The van der Waals surface area contributed by atoms with E-state index in [4.69, 9.17) is 42.4 Å². The number of carbonyl (C=O) groups excluding carboxylic acids is 1. The van der Waals surface area contributed by atoms with Gasteiger partial charge in [-0.3, -0.25) is 0 Å². The van der Waals surface area contributed by atoms with Gasteiger partial charge in [0.2, 0.25) is 0 Å². The third-order valence-electron chi connectivity index (χ3n) is 5.82. The molecule has 0 N–H and O–H groups in total. The van der Waals surface area contributed by atoms with E-state index in [-0.39, 0.29) is 12.2 Å². The van der Waals surface area contributed by atoms with Crippen molar-refractivity contribution in [3.8, 4) is 0 Å². The molecule has 0 heterocycles. The number of hydrogen-bond acceptors (Lipinski definition) is 7. The third-order valence-corrected chi connectivity index (χ3v) is 6.41. The highest BCUT2D eigenvalue weighted by atomic mass is 35.5. The molecule has 0 radical (unpaired) electrons. The van der Waals surface area contributed by atoms with E-state index in [9.17, 15) is 4.79 Å². The fraction of sp³-hybridized carbons (Fsp3) is 0.233. The Hall–Kier alpha value is -3.81. The second-order valence-corrected chi connectivity index (χ2v) is 9.26. The molecule has 0 aliphatic rings. The maximum atomic E-state index is 12.2. The molecule has 0 amide bonds. The van der Waals surface area contributed by atoms with Gasteiger partial charge in [-0.05, 0) is 48.6 Å². The Balaban J connectivity index is 1.71. The molecule has 3 aromatic carbocycles. The molecule has 0 unspecified atom stereocenters. The molecular formula is C30H30Cl2N2O5. The van der Waals surface area contributed by atoms with Gasteiger partial charge in [0.1, 0.15) is 30.7 Å². The lowest BCUT2D eigenvalue weighted by atomic mass is 10.0. The standard InChI is InChI=1S/C30H30Cl2N2O5/c1-20(33-39-18-24-7-5-6-8-26(24)27(19-36-2)30(35)37-3)29(34-38-4)23-13-10-21(11-14-23)9-12-22-15-16-25(31)17-28(22)32/h5-8,10-11,13-17,19H,9,12,18H2,1-4H3/b27-19+,33-20+,34-29-. The number of hydrogen-bond donors (Lipinski definition) is 0. The van der Waals surface area contributed by atoms with Crippen molar-refractivity contribution in [2.45, 2.75) is 26.4 Å². The topological polar surface area (TPSA) is 78.7 Å². The average Bonchev–Trinajstić information content (AvgIpc) is 2.94. The zero-order chi connectivity index (χ0) is 28.2. The summed E-state index contributed by atoms with van der Waals surface area (Å²) in [5.41, 5.74) is 5.72. The average molecular weight is 569 g/mol. The number of carbonyl (C=O) groups is 1. The van der Waals surface area contributed by atoms with E-state index < -0.39 is 5.97 Å². The van der Waals surface area contributed by atoms with Gasteiger partial charge in [0.05, 0.1) is 20.5 Å². The van der Waals surface area contributed by atoms with E-state index in [0.29, 0.717) is 27.0 Å². The second-order valence-electron chi connectivity index (χ2n) is 8.42. The molecule has 0 saturated carbocycles. The predicted molar refractivity (Wildman–Crippen MR) is 155 cm³/mol. The molecule has 0 spiro atoms. The predicted octanol–water partition coefficient (Wildman–Crippen LogP) is 6.88. The number of ether oxygens (including phenoxy) is 2. The Morgan fingerprint density at radius 2 is 1.64 bits per heavy atom. The molecule has 0 aliphatic heterocycles. The third kappa shape index (κ3) is 8.34. The normalized spacial score (nSPS) is 12.2. The Bertz CT molecular complexity index is 1370. The molecular weight excluding hydrogens is 539 g/mol. The minimum absolute atomic E-state index is 0.109. The molecule has 0 aromatic heterocycles. The number of halogens is 2. The fourth-order valence-corrected chi connectivity index (χ4v) is 4.35. The van der Waals surface area contributed by atoms with Crippen LogP contribution < -0.4 is 0 Å². The van der Waals surface area contributed by atoms with Crippen LogP contribution in [0, 0.1) is 0 Å². The van der Waals surface area contributed by atoms with Gasteiger partial charge in [-0.1, -0.05) is 88.1 Å². The van der Waals surface area contributed by atoms with Crippen LogP contribution in [0.15, 0.2) is 83.3 Å². The van der Waals surface area contributed by atoms with Crippen LogP contribution in [0.1, 0.15) is 34.7 Å². The first kappa shape index (κ1) is 29.7. The van der Waals surface area contributed by atoms with Crippen LogP contribution >= 0.6 is 23.2 Å². The van der Waals surface area contributed by atoms with Crippen molar-refractivity contribution in [2.24, 2.45) is 10.3 Å². The van der Waals surface area contributed by atoms with Gasteiger partial charge in [-0.15, -0.1) is 0 Å². The van der Waals surface area contributed by atoms with E-state index in [1.807, 2.05) is 54.6 Å². The molecule has 204 valence electrons. The summed E-state index contributed by atoms with van der Waals surface area (Å²) < 4.78 is 9.95. The SMILES string of the molecule is CO/C=C(/C(=O)OC)c1ccccc1CO/N=C(C)/C(=N/OC)c1ccc(CCc2ccc(Cl)cc2Cl)cc1. The maximum Gasteiger partial charge on any atom is 0.341 e. The highest BCUT2D eigenvalue weighted by molar-refractivity contribution is 6.47. The summed E-state index contributed by atoms with van der Waals surface area (Å²) in [4.78, 5) is 23.0. The largest absolute Gasteiger partial charge is 0.503 e. The molecule has 0 bridgehead atoms. The Kier molecular flexibility index (Phi) is 11.4. The maximum absolute atomic E-state index is 12.2. The van der Waals surface area contributed by atoms with E-state index >= 15 is 0 Å². The van der Waals surface area contributed by atoms with Gasteiger partial charge in [0.25, 0.3) is 0 Å². The summed E-state index contributed by atoms with van der Waals surface area (Å²) in [6.45, 7) is 1.89. The van der Waals surface area contributed by atoms with Gasteiger partial charge >= 0.3 is 5.97 Å². The van der Waals surface area contributed by atoms with Gasteiger partial charge in [-0.25, -0.2) is 4.79 Å². The highest BCUT2D eigenvalue weighted by Crippen LogP contribution is 2.23. The lowest BCUT2D eigenvalue weighted by Crippen LogP contribution is -2.14. The molecule has 39 heavy (non-hydrogen) atoms. The van der Waals surface area contributed by atoms with Crippen LogP contribution in [0.4, 0.5) is 0 Å². The molecule has 0 fully saturated rings. The van der Waals surface area contributed by atoms with Gasteiger partial charge in [-0.2, -0.15) is 0 Å². The zero-order valence-electron chi connectivity index (χ0n) is 22.2. The Morgan fingerprint density at radius 3 is 2.31 bits per heavy atom. The van der Waals surface area contributed by atoms with Gasteiger partial charge < -0.3 is 19.1 Å². The van der Waals surface area contributed by atoms with E-state index in [0.717, 1.165) is 35.1 Å². The summed E-state index contributed by atoms with van der Waals surface area (Å²) in [5.74, 6) is -0.516. The number of nitrogens with zero attached hydrogens (tertiary/aromatic N) is 2. The van der Waals surface area contributed by atoms with Crippen LogP contribution in [0.2, 0.25) is 10.0 Å². The monoisotopic (exact) mass is 568 g/mol. The van der Waals surface area contributed by atoms with Gasteiger partial charge in [0.15, 0.2) is 0 Å². The molecule has 7 nitrogen and oxygen atoms in total. The zero-order valence-corrected chi connectivity index (χ0v) is 23.8. The van der Waals surface area contributed by atoms with Crippen molar-refractivity contribution in [2.75, 3.05) is 21.3 Å². The molecule has 0 atom stereocenters. The smallest absolute Gasteiger partial charge is 0.341 e.